The number of benzene rings is 2. The second-order valence-corrected chi connectivity index (χ2v) is 7.98. The van der Waals surface area contributed by atoms with Crippen LogP contribution >= 0.6 is 0 Å². The van der Waals surface area contributed by atoms with Crippen molar-refractivity contribution in [1.29, 1.82) is 0 Å². The van der Waals surface area contributed by atoms with Gasteiger partial charge < -0.3 is 15.0 Å². The Morgan fingerprint density at radius 2 is 1.83 bits per heavy atom. The Kier molecular flexibility index (Phi) is 8.26. The molecule has 0 bridgehead atoms. The number of hydrogen-bond acceptors (Lipinski definition) is 4. The molecule has 0 fully saturated rings. The number of methoxy groups -OCH3 is 1. The van der Waals surface area contributed by atoms with Crippen LogP contribution in [0.3, 0.4) is 0 Å². The molecule has 0 spiro atoms. The standard InChI is InChI=1S/C25H34N2O2/c1-27(18-14-21-7-3-4-9-25(21)29-2)17-6-5-8-24(28)23-11-10-20-12-15-26-16-13-22(20)19-23/h3-4,7,9-11,19,26H,5-6,8,12-18H2,1-2H3. The molecule has 0 atom stereocenters. The number of carbonyl (C=O) groups excluding carboxylic acids is 1. The molecule has 2 aromatic carbocycles. The van der Waals surface area contributed by atoms with E-state index in [1.807, 2.05) is 18.2 Å². The Morgan fingerprint density at radius 1 is 1.03 bits per heavy atom. The maximum Gasteiger partial charge on any atom is 0.162 e. The number of nitrogens with one attached hydrogen (secondary N) is 1. The number of rotatable bonds is 10. The minimum atomic E-state index is 0.279. The zero-order chi connectivity index (χ0) is 20.5. The van der Waals surface area contributed by atoms with Crippen molar-refractivity contribution in [2.24, 2.45) is 0 Å². The van der Waals surface area contributed by atoms with Gasteiger partial charge in [0.15, 0.2) is 5.78 Å². The molecule has 1 N–H and O–H groups in total. The van der Waals surface area contributed by atoms with Crippen molar-refractivity contribution in [1.82, 2.24) is 10.2 Å². The molecule has 1 aliphatic rings. The van der Waals surface area contributed by atoms with Crippen LogP contribution in [0.15, 0.2) is 42.5 Å². The van der Waals surface area contributed by atoms with Crippen LogP contribution in [-0.2, 0) is 19.3 Å². The molecule has 3 rings (SSSR count). The van der Waals surface area contributed by atoms with Crippen molar-refractivity contribution in [3.8, 4) is 5.75 Å². The number of nitrogens with zero attached hydrogens (tertiary/aromatic N) is 1. The third-order valence-corrected chi connectivity index (χ3v) is 5.82. The molecule has 4 nitrogen and oxygen atoms in total. The molecule has 156 valence electrons. The maximum atomic E-state index is 12.6. The molecule has 29 heavy (non-hydrogen) atoms. The molecule has 0 amide bonds. The SMILES string of the molecule is COc1ccccc1CCN(C)CCCCC(=O)c1ccc2c(c1)CCNCC2. The minimum absolute atomic E-state index is 0.279. The van der Waals surface area contributed by atoms with Gasteiger partial charge in [0.25, 0.3) is 0 Å². The molecule has 0 radical (unpaired) electrons. The average molecular weight is 395 g/mol. The normalized spacial score (nSPS) is 13.8. The number of hydrogen-bond donors (Lipinski definition) is 1. The molecule has 4 heteroatoms. The molecule has 0 aliphatic carbocycles. The number of unbranched alkanes of at least 4 members (excludes halogenated alkanes) is 1. The summed E-state index contributed by atoms with van der Waals surface area (Å²) in [6, 6.07) is 14.5. The Hall–Kier alpha value is -2.17. The quantitative estimate of drug-likeness (QED) is 0.490. The fraction of sp³-hybridized carbons (Fsp3) is 0.480. The summed E-state index contributed by atoms with van der Waals surface area (Å²) >= 11 is 0. The lowest BCUT2D eigenvalue weighted by atomic mass is 9.97. The van der Waals surface area contributed by atoms with Crippen LogP contribution in [0.1, 0.15) is 46.3 Å². The van der Waals surface area contributed by atoms with E-state index in [1.165, 1.54) is 16.7 Å². The van der Waals surface area contributed by atoms with E-state index >= 15 is 0 Å². The zero-order valence-electron chi connectivity index (χ0n) is 17.9. The first-order valence-corrected chi connectivity index (χ1v) is 10.8. The van der Waals surface area contributed by atoms with E-state index in [9.17, 15) is 4.79 Å². The van der Waals surface area contributed by atoms with Crippen molar-refractivity contribution < 1.29 is 9.53 Å². The number of ketones is 1. The second-order valence-electron chi connectivity index (χ2n) is 7.98. The van der Waals surface area contributed by atoms with Crippen molar-refractivity contribution >= 4 is 5.78 Å². The Balaban J connectivity index is 1.38. The smallest absolute Gasteiger partial charge is 0.162 e. The van der Waals surface area contributed by atoms with Crippen LogP contribution in [0, 0.1) is 0 Å². The number of Topliss-reactive ketones (excluding diaryl/α,β-unsaturated/α-hetero) is 1. The summed E-state index contributed by atoms with van der Waals surface area (Å²) in [6.07, 6.45) is 5.68. The average Bonchev–Trinajstić information content (AvgIpc) is 3.00. The third kappa shape index (κ3) is 6.41. The summed E-state index contributed by atoms with van der Waals surface area (Å²) in [5, 5.41) is 3.43. The van der Waals surface area contributed by atoms with E-state index in [1.54, 1.807) is 7.11 Å². The lowest BCUT2D eigenvalue weighted by Crippen LogP contribution is -2.22. The van der Waals surface area contributed by atoms with Gasteiger partial charge >= 0.3 is 0 Å². The Labute approximate surface area is 175 Å². The highest BCUT2D eigenvalue weighted by molar-refractivity contribution is 5.96. The summed E-state index contributed by atoms with van der Waals surface area (Å²) < 4.78 is 5.43. The molecule has 1 aliphatic heterocycles. The summed E-state index contributed by atoms with van der Waals surface area (Å²) in [5.74, 6) is 1.24. The first kappa shape index (κ1) is 21.5. The monoisotopic (exact) mass is 394 g/mol. The van der Waals surface area contributed by atoms with Gasteiger partial charge in [0.1, 0.15) is 5.75 Å². The topological polar surface area (TPSA) is 41.6 Å². The van der Waals surface area contributed by atoms with E-state index in [0.717, 1.165) is 69.6 Å². The molecule has 0 saturated heterocycles. The van der Waals surface area contributed by atoms with Crippen molar-refractivity contribution in [2.45, 2.75) is 38.5 Å². The summed E-state index contributed by atoms with van der Waals surface area (Å²) in [5.41, 5.74) is 4.87. The van der Waals surface area contributed by atoms with Gasteiger partial charge in [-0.05, 0) is 87.6 Å². The second kappa shape index (κ2) is 11.1. The van der Waals surface area contributed by atoms with Crippen LogP contribution in [-0.4, -0.2) is 51.0 Å². The van der Waals surface area contributed by atoms with Gasteiger partial charge in [-0.3, -0.25) is 4.79 Å². The molecule has 0 aromatic heterocycles. The summed E-state index contributed by atoms with van der Waals surface area (Å²) in [7, 11) is 3.87. The maximum absolute atomic E-state index is 12.6. The van der Waals surface area contributed by atoms with Gasteiger partial charge in [-0.15, -0.1) is 0 Å². The highest BCUT2D eigenvalue weighted by atomic mass is 16.5. The van der Waals surface area contributed by atoms with E-state index in [2.05, 4.69) is 41.5 Å². The van der Waals surface area contributed by atoms with Crippen LogP contribution in [0.4, 0.5) is 0 Å². The minimum Gasteiger partial charge on any atom is -0.496 e. The lowest BCUT2D eigenvalue weighted by Gasteiger charge is -2.17. The first-order chi connectivity index (χ1) is 14.2. The van der Waals surface area contributed by atoms with Crippen molar-refractivity contribution in [3.63, 3.8) is 0 Å². The van der Waals surface area contributed by atoms with Gasteiger partial charge in [-0.1, -0.05) is 30.3 Å². The third-order valence-electron chi connectivity index (χ3n) is 5.82. The lowest BCUT2D eigenvalue weighted by molar-refractivity contribution is 0.0978. The molecule has 1 heterocycles. The van der Waals surface area contributed by atoms with Gasteiger partial charge in [-0.25, -0.2) is 0 Å². The number of para-hydroxylation sites is 1. The Morgan fingerprint density at radius 3 is 2.66 bits per heavy atom. The number of fused-ring (bicyclic) bond motifs is 1. The molecular weight excluding hydrogens is 360 g/mol. The molecule has 0 unspecified atom stereocenters. The number of ether oxygens (including phenoxy) is 1. The number of carbonyl (C=O) groups is 1. The highest BCUT2D eigenvalue weighted by Gasteiger charge is 2.12. The zero-order valence-corrected chi connectivity index (χ0v) is 17.9. The van der Waals surface area contributed by atoms with E-state index < -0.39 is 0 Å². The highest BCUT2D eigenvalue weighted by Crippen LogP contribution is 2.19. The predicted octanol–water partition coefficient (Wildman–Crippen LogP) is 3.91. The fourth-order valence-electron chi connectivity index (χ4n) is 3.99. The largest absolute Gasteiger partial charge is 0.496 e. The van der Waals surface area contributed by atoms with E-state index in [4.69, 9.17) is 4.74 Å². The van der Waals surface area contributed by atoms with Crippen LogP contribution in [0.5, 0.6) is 5.75 Å². The first-order valence-electron chi connectivity index (χ1n) is 10.8. The fourth-order valence-corrected chi connectivity index (χ4v) is 3.99. The molecule has 0 saturated carbocycles. The predicted molar refractivity (Wildman–Crippen MR) is 119 cm³/mol. The molecular formula is C25H34N2O2. The van der Waals surface area contributed by atoms with Crippen molar-refractivity contribution in [2.75, 3.05) is 40.3 Å². The van der Waals surface area contributed by atoms with Crippen LogP contribution in [0.25, 0.3) is 0 Å². The van der Waals surface area contributed by atoms with Gasteiger partial charge in [0, 0.05) is 18.5 Å². The van der Waals surface area contributed by atoms with Gasteiger partial charge in [-0.2, -0.15) is 0 Å². The molecule has 2 aromatic rings. The van der Waals surface area contributed by atoms with Gasteiger partial charge in [0.2, 0.25) is 0 Å². The Bertz CT molecular complexity index is 803. The summed E-state index contributed by atoms with van der Waals surface area (Å²) in [4.78, 5) is 14.9. The van der Waals surface area contributed by atoms with Crippen LogP contribution < -0.4 is 10.1 Å². The van der Waals surface area contributed by atoms with Crippen LogP contribution in [0.2, 0.25) is 0 Å². The van der Waals surface area contributed by atoms with E-state index in [-0.39, 0.29) is 5.78 Å². The number of likely N-dealkylation sites (N-methyl/N-ethyl adjacent to an activating group) is 1. The van der Waals surface area contributed by atoms with Gasteiger partial charge in [0.05, 0.1) is 7.11 Å². The van der Waals surface area contributed by atoms with Crippen molar-refractivity contribution in [3.05, 3.63) is 64.7 Å². The summed E-state index contributed by atoms with van der Waals surface area (Å²) in [6.45, 7) is 4.04. The van der Waals surface area contributed by atoms with E-state index in [0.29, 0.717) is 6.42 Å².